The van der Waals surface area contributed by atoms with Gasteiger partial charge in [0.05, 0.1) is 0 Å². The minimum Gasteiger partial charge on any atom is -0.399 e. The number of aromatic nitrogens is 1. The first-order chi connectivity index (χ1) is 7.31. The summed E-state index contributed by atoms with van der Waals surface area (Å²) in [4.78, 5) is 0. The van der Waals surface area contributed by atoms with Crippen LogP contribution in [0.2, 0.25) is 0 Å². The van der Waals surface area contributed by atoms with Crippen molar-refractivity contribution in [1.82, 2.24) is 5.16 Å². The van der Waals surface area contributed by atoms with Crippen LogP contribution in [0.3, 0.4) is 0 Å². The van der Waals surface area contributed by atoms with Gasteiger partial charge < -0.3 is 15.4 Å². The van der Waals surface area contributed by atoms with Gasteiger partial charge in [-0.3, -0.25) is 0 Å². The van der Waals surface area contributed by atoms with Gasteiger partial charge in [-0.15, -0.1) is 0 Å². The molecule has 0 unspecified atom stereocenters. The van der Waals surface area contributed by atoms with Gasteiger partial charge in [-0.2, -0.15) is 0 Å². The van der Waals surface area contributed by atoms with Crippen molar-refractivity contribution in [2.45, 2.75) is 6.42 Å². The smallest absolute Gasteiger partial charge is 0.127 e. The summed E-state index contributed by atoms with van der Waals surface area (Å²) in [6.07, 6.45) is 2.09. The molecule has 0 saturated heterocycles. The van der Waals surface area contributed by atoms with Crippen molar-refractivity contribution in [2.24, 2.45) is 0 Å². The summed E-state index contributed by atoms with van der Waals surface area (Å²) in [7, 11) is 0. The largest absolute Gasteiger partial charge is 0.399 e. The minimum absolute atomic E-state index is 0.0799. The Labute approximate surface area is 87.3 Å². The molecule has 1 aromatic carbocycles. The minimum atomic E-state index is 0.0799. The van der Waals surface area contributed by atoms with Gasteiger partial charge >= 0.3 is 0 Å². The number of nitrogen functional groups attached to an aromatic ring is 1. The van der Waals surface area contributed by atoms with E-state index in [4.69, 9.17) is 15.4 Å². The van der Waals surface area contributed by atoms with E-state index >= 15 is 0 Å². The third-order valence-electron chi connectivity index (χ3n) is 2.18. The van der Waals surface area contributed by atoms with E-state index in [9.17, 15) is 0 Å². The van der Waals surface area contributed by atoms with E-state index in [1.54, 1.807) is 6.26 Å². The zero-order chi connectivity index (χ0) is 10.7. The molecule has 1 aromatic heterocycles. The molecule has 15 heavy (non-hydrogen) atoms. The molecule has 4 heteroatoms. The van der Waals surface area contributed by atoms with Crippen LogP contribution in [0.1, 0.15) is 5.56 Å². The van der Waals surface area contributed by atoms with Crippen molar-refractivity contribution in [3.63, 3.8) is 0 Å². The van der Waals surface area contributed by atoms with Crippen molar-refractivity contribution in [1.29, 1.82) is 0 Å². The van der Waals surface area contributed by atoms with Gasteiger partial charge in [0.2, 0.25) is 0 Å². The lowest BCUT2D eigenvalue weighted by molar-refractivity contribution is 0.299. The fourth-order valence-electron chi connectivity index (χ4n) is 1.48. The van der Waals surface area contributed by atoms with E-state index in [1.165, 1.54) is 0 Å². The van der Waals surface area contributed by atoms with Crippen LogP contribution in [-0.4, -0.2) is 16.9 Å². The van der Waals surface area contributed by atoms with Crippen LogP contribution < -0.4 is 5.73 Å². The number of nitrogens with two attached hydrogens (primary N) is 1. The third-order valence-corrected chi connectivity index (χ3v) is 2.18. The van der Waals surface area contributed by atoms with Gasteiger partial charge in [0, 0.05) is 29.8 Å². The first-order valence-corrected chi connectivity index (χ1v) is 4.71. The molecule has 4 nitrogen and oxygen atoms in total. The predicted molar refractivity (Wildman–Crippen MR) is 57.1 cm³/mol. The number of anilines is 1. The SMILES string of the molecule is Nc1cccc(-c2nocc2CCO)c1. The number of hydrogen-bond acceptors (Lipinski definition) is 4. The fourth-order valence-corrected chi connectivity index (χ4v) is 1.48. The van der Waals surface area contributed by atoms with Crippen molar-refractivity contribution >= 4 is 5.69 Å². The summed E-state index contributed by atoms with van der Waals surface area (Å²) in [5.41, 5.74) is 8.91. The Kier molecular flexibility index (Phi) is 2.69. The van der Waals surface area contributed by atoms with Gasteiger partial charge in [-0.1, -0.05) is 17.3 Å². The number of nitrogens with zero attached hydrogens (tertiary/aromatic N) is 1. The Morgan fingerprint density at radius 2 is 2.27 bits per heavy atom. The summed E-state index contributed by atoms with van der Waals surface area (Å²) in [6.45, 7) is 0.0799. The maximum atomic E-state index is 8.87. The molecular weight excluding hydrogens is 192 g/mol. The lowest BCUT2D eigenvalue weighted by Gasteiger charge is -2.00. The highest BCUT2D eigenvalue weighted by atomic mass is 16.5. The molecule has 1 heterocycles. The molecule has 0 atom stereocenters. The molecule has 0 aliphatic rings. The molecule has 0 radical (unpaired) electrons. The second-order valence-electron chi connectivity index (χ2n) is 3.29. The van der Waals surface area contributed by atoms with E-state index in [1.807, 2.05) is 24.3 Å². The topological polar surface area (TPSA) is 72.3 Å². The molecule has 2 rings (SSSR count). The van der Waals surface area contributed by atoms with Crippen LogP contribution in [0, 0.1) is 0 Å². The summed E-state index contributed by atoms with van der Waals surface area (Å²) in [5.74, 6) is 0. The molecule has 0 aliphatic heterocycles. The Morgan fingerprint density at radius 1 is 1.40 bits per heavy atom. The average Bonchev–Trinajstić information content (AvgIpc) is 2.66. The van der Waals surface area contributed by atoms with Crippen molar-refractivity contribution in [2.75, 3.05) is 12.3 Å². The Hall–Kier alpha value is -1.81. The van der Waals surface area contributed by atoms with E-state index < -0.39 is 0 Å². The normalized spacial score (nSPS) is 10.5. The van der Waals surface area contributed by atoms with Crippen molar-refractivity contribution < 1.29 is 9.63 Å². The van der Waals surface area contributed by atoms with Crippen LogP contribution in [0.15, 0.2) is 35.1 Å². The maximum absolute atomic E-state index is 8.87. The standard InChI is InChI=1S/C11H12N2O2/c12-10-3-1-2-8(6-10)11-9(4-5-14)7-15-13-11/h1-3,6-7,14H,4-5,12H2. The monoisotopic (exact) mass is 204 g/mol. The zero-order valence-corrected chi connectivity index (χ0v) is 8.18. The van der Waals surface area contributed by atoms with E-state index in [0.717, 1.165) is 16.8 Å². The van der Waals surface area contributed by atoms with Crippen LogP contribution in [-0.2, 0) is 6.42 Å². The quantitative estimate of drug-likeness (QED) is 0.742. The third kappa shape index (κ3) is 1.99. The number of benzene rings is 1. The predicted octanol–water partition coefficient (Wildman–Crippen LogP) is 1.46. The Balaban J connectivity index is 2.40. The van der Waals surface area contributed by atoms with E-state index in [0.29, 0.717) is 12.1 Å². The molecule has 78 valence electrons. The van der Waals surface area contributed by atoms with Crippen molar-refractivity contribution in [3.05, 3.63) is 36.1 Å². The second kappa shape index (κ2) is 4.14. The number of hydrogen-bond donors (Lipinski definition) is 2. The molecular formula is C11H12N2O2. The molecule has 0 fully saturated rings. The first kappa shape index (κ1) is 9.73. The zero-order valence-electron chi connectivity index (χ0n) is 8.18. The molecule has 0 saturated carbocycles. The molecule has 0 aliphatic carbocycles. The van der Waals surface area contributed by atoms with Crippen LogP contribution in [0.4, 0.5) is 5.69 Å². The summed E-state index contributed by atoms with van der Waals surface area (Å²) in [5, 5.41) is 12.8. The lowest BCUT2D eigenvalue weighted by atomic mass is 10.1. The maximum Gasteiger partial charge on any atom is 0.127 e. The molecule has 0 amide bonds. The summed E-state index contributed by atoms with van der Waals surface area (Å²) >= 11 is 0. The van der Waals surface area contributed by atoms with Gasteiger partial charge in [0.25, 0.3) is 0 Å². The van der Waals surface area contributed by atoms with Gasteiger partial charge in [0.15, 0.2) is 0 Å². The molecule has 3 N–H and O–H groups in total. The highest BCUT2D eigenvalue weighted by molar-refractivity contribution is 5.66. The number of aliphatic hydroxyl groups is 1. The summed E-state index contributed by atoms with van der Waals surface area (Å²) in [6, 6.07) is 7.42. The van der Waals surface area contributed by atoms with Crippen molar-refractivity contribution in [3.8, 4) is 11.3 Å². The van der Waals surface area contributed by atoms with Crippen LogP contribution >= 0.6 is 0 Å². The van der Waals surface area contributed by atoms with E-state index in [2.05, 4.69) is 5.16 Å². The van der Waals surface area contributed by atoms with Gasteiger partial charge in [-0.25, -0.2) is 0 Å². The summed E-state index contributed by atoms with van der Waals surface area (Å²) < 4.78 is 4.89. The van der Waals surface area contributed by atoms with Crippen LogP contribution in [0.25, 0.3) is 11.3 Å². The highest BCUT2D eigenvalue weighted by Crippen LogP contribution is 2.23. The lowest BCUT2D eigenvalue weighted by Crippen LogP contribution is -1.92. The van der Waals surface area contributed by atoms with Crippen LogP contribution in [0.5, 0.6) is 0 Å². The number of aliphatic hydroxyl groups excluding tert-OH is 1. The Morgan fingerprint density at radius 3 is 3.00 bits per heavy atom. The van der Waals surface area contributed by atoms with Gasteiger partial charge in [-0.05, 0) is 12.1 Å². The fraction of sp³-hybridized carbons (Fsp3) is 0.182. The molecule has 2 aromatic rings. The Bertz CT molecular complexity index is 451. The van der Waals surface area contributed by atoms with Gasteiger partial charge in [0.1, 0.15) is 12.0 Å². The molecule has 0 spiro atoms. The second-order valence-corrected chi connectivity index (χ2v) is 3.29. The highest BCUT2D eigenvalue weighted by Gasteiger charge is 2.09. The molecule has 0 bridgehead atoms. The first-order valence-electron chi connectivity index (χ1n) is 4.71. The number of rotatable bonds is 3. The average molecular weight is 204 g/mol. The van der Waals surface area contributed by atoms with E-state index in [-0.39, 0.29) is 6.61 Å².